The lowest BCUT2D eigenvalue weighted by Crippen LogP contribution is -2.00. The lowest BCUT2D eigenvalue weighted by Gasteiger charge is -2.01. The third-order valence-electron chi connectivity index (χ3n) is 1.73. The molecule has 0 unspecified atom stereocenters. The van der Waals surface area contributed by atoms with Crippen LogP contribution in [0.4, 0.5) is 0 Å². The highest BCUT2D eigenvalue weighted by Gasteiger charge is 2.11. The molecule has 0 bridgehead atoms. The number of hydrogen-bond acceptors (Lipinski definition) is 2. The van der Waals surface area contributed by atoms with Crippen LogP contribution in [0.5, 0.6) is 0 Å². The summed E-state index contributed by atoms with van der Waals surface area (Å²) in [5.41, 5.74) is 0.511. The summed E-state index contributed by atoms with van der Waals surface area (Å²) >= 11 is 0. The molecule has 0 heterocycles. The first-order valence-corrected chi connectivity index (χ1v) is 5.72. The molecule has 4 heteroatoms. The van der Waals surface area contributed by atoms with E-state index in [1.165, 1.54) is 6.07 Å². The number of hydrogen-bond donors (Lipinski definition) is 1. The molecule has 0 aliphatic carbocycles. The minimum absolute atomic E-state index is 0.0512. The Morgan fingerprint density at radius 2 is 2.00 bits per heavy atom. The smallest absolute Gasteiger partial charge is 0.282 e. The molecule has 0 saturated carbocycles. The lowest BCUT2D eigenvalue weighted by molar-refractivity contribution is 0.483. The van der Waals surface area contributed by atoms with Gasteiger partial charge < -0.3 is 0 Å². The van der Waals surface area contributed by atoms with Gasteiger partial charge in [0, 0.05) is 0 Å². The largest absolute Gasteiger partial charge is 0.295 e. The summed E-state index contributed by atoms with van der Waals surface area (Å²) in [5.74, 6) is 0. The van der Waals surface area contributed by atoms with Gasteiger partial charge in [0.1, 0.15) is 4.90 Å². The van der Waals surface area contributed by atoms with E-state index in [-0.39, 0.29) is 4.90 Å². The summed E-state index contributed by atoms with van der Waals surface area (Å²) in [6, 6.07) is 6.33. The fourth-order valence-corrected chi connectivity index (χ4v) is 1.78. The molecule has 3 nitrogen and oxygen atoms in total. The van der Waals surface area contributed by atoms with Crippen molar-refractivity contribution in [3.63, 3.8) is 0 Å². The van der Waals surface area contributed by atoms with E-state index in [2.05, 4.69) is 0 Å². The van der Waals surface area contributed by atoms with Gasteiger partial charge in [-0.1, -0.05) is 37.3 Å². The van der Waals surface area contributed by atoms with Gasteiger partial charge in [-0.25, -0.2) is 0 Å². The van der Waals surface area contributed by atoms with E-state index in [9.17, 15) is 8.42 Å². The van der Waals surface area contributed by atoms with E-state index in [1.54, 1.807) is 24.3 Å². The van der Waals surface area contributed by atoms with Crippen LogP contribution in [0.15, 0.2) is 35.2 Å². The first-order chi connectivity index (χ1) is 6.55. The van der Waals surface area contributed by atoms with Gasteiger partial charge in [0.05, 0.1) is 0 Å². The Morgan fingerprint density at radius 1 is 1.36 bits per heavy atom. The molecule has 0 atom stereocenters. The zero-order valence-corrected chi connectivity index (χ0v) is 8.66. The van der Waals surface area contributed by atoms with Crippen molar-refractivity contribution in [3.05, 3.63) is 35.9 Å². The molecule has 0 aliphatic rings. The molecule has 0 radical (unpaired) electrons. The van der Waals surface area contributed by atoms with Crippen LogP contribution in [0.1, 0.15) is 18.9 Å². The highest BCUT2D eigenvalue weighted by molar-refractivity contribution is 7.85. The van der Waals surface area contributed by atoms with Crippen molar-refractivity contribution in [2.75, 3.05) is 0 Å². The molecular formula is C10H12O3S. The normalized spacial score (nSPS) is 12.1. The van der Waals surface area contributed by atoms with E-state index < -0.39 is 10.1 Å². The van der Waals surface area contributed by atoms with E-state index in [1.807, 2.05) is 13.0 Å². The second-order valence-corrected chi connectivity index (χ2v) is 4.21. The summed E-state index contributed by atoms with van der Waals surface area (Å²) in [6.07, 6.45) is 4.34. The van der Waals surface area contributed by atoms with Crippen molar-refractivity contribution in [2.45, 2.75) is 18.2 Å². The van der Waals surface area contributed by atoms with E-state index in [0.717, 1.165) is 6.42 Å². The van der Waals surface area contributed by atoms with Gasteiger partial charge >= 0.3 is 0 Å². The summed E-state index contributed by atoms with van der Waals surface area (Å²) in [5, 5.41) is 0. The van der Waals surface area contributed by atoms with Crippen molar-refractivity contribution >= 4 is 16.2 Å². The van der Waals surface area contributed by atoms with Crippen molar-refractivity contribution in [1.82, 2.24) is 0 Å². The maximum absolute atomic E-state index is 10.9. The van der Waals surface area contributed by atoms with Crippen molar-refractivity contribution in [2.24, 2.45) is 0 Å². The third kappa shape index (κ3) is 2.68. The van der Waals surface area contributed by atoms with Gasteiger partial charge in [0.15, 0.2) is 0 Å². The van der Waals surface area contributed by atoms with Gasteiger partial charge in [-0.05, 0) is 18.1 Å². The molecular weight excluding hydrogens is 200 g/mol. The molecule has 1 aromatic rings. The molecule has 0 aromatic heterocycles. The zero-order chi connectivity index (χ0) is 10.6. The second kappa shape index (κ2) is 4.39. The summed E-state index contributed by atoms with van der Waals surface area (Å²) in [6.45, 7) is 1.95. The Labute approximate surface area is 83.8 Å². The Hall–Kier alpha value is -1.13. The molecule has 76 valence electrons. The van der Waals surface area contributed by atoms with Gasteiger partial charge in [0.2, 0.25) is 0 Å². The molecule has 0 aliphatic heterocycles. The minimum Gasteiger partial charge on any atom is -0.282 e. The van der Waals surface area contributed by atoms with Crippen LogP contribution in [-0.2, 0) is 10.1 Å². The molecule has 1 aromatic carbocycles. The Kier molecular flexibility index (Phi) is 3.43. The summed E-state index contributed by atoms with van der Waals surface area (Å²) in [7, 11) is -4.12. The summed E-state index contributed by atoms with van der Waals surface area (Å²) < 4.78 is 30.8. The molecule has 0 amide bonds. The first kappa shape index (κ1) is 10.9. The van der Waals surface area contributed by atoms with E-state index >= 15 is 0 Å². The number of rotatable bonds is 3. The van der Waals surface area contributed by atoms with Crippen LogP contribution in [0.2, 0.25) is 0 Å². The maximum Gasteiger partial charge on any atom is 0.295 e. The predicted octanol–water partition coefficient (Wildman–Crippen LogP) is 2.36. The molecule has 1 N–H and O–H groups in total. The SMILES string of the molecule is CC/C=C/c1ccccc1S(=O)(=O)O. The van der Waals surface area contributed by atoms with Crippen LogP contribution in [0.25, 0.3) is 6.08 Å². The van der Waals surface area contributed by atoms with Crippen LogP contribution in [-0.4, -0.2) is 13.0 Å². The predicted molar refractivity (Wildman–Crippen MR) is 55.6 cm³/mol. The Balaban J connectivity index is 3.24. The average Bonchev–Trinajstić information content (AvgIpc) is 2.14. The van der Waals surface area contributed by atoms with Gasteiger partial charge in [0.25, 0.3) is 10.1 Å². The Morgan fingerprint density at radius 3 is 2.57 bits per heavy atom. The second-order valence-electron chi connectivity index (χ2n) is 2.82. The van der Waals surface area contributed by atoms with Gasteiger partial charge in [-0.15, -0.1) is 0 Å². The third-order valence-corrected chi connectivity index (χ3v) is 2.66. The molecule has 0 spiro atoms. The molecule has 0 fully saturated rings. The van der Waals surface area contributed by atoms with Crippen LogP contribution >= 0.6 is 0 Å². The van der Waals surface area contributed by atoms with Crippen molar-refractivity contribution in [1.29, 1.82) is 0 Å². The van der Waals surface area contributed by atoms with E-state index in [4.69, 9.17) is 4.55 Å². The van der Waals surface area contributed by atoms with Crippen LogP contribution in [0, 0.1) is 0 Å². The Bertz CT molecular complexity index is 432. The highest BCUT2D eigenvalue weighted by Crippen LogP contribution is 2.16. The fraction of sp³-hybridized carbons (Fsp3) is 0.200. The van der Waals surface area contributed by atoms with Crippen molar-refractivity contribution < 1.29 is 13.0 Å². The number of benzene rings is 1. The van der Waals surface area contributed by atoms with Crippen LogP contribution < -0.4 is 0 Å². The zero-order valence-electron chi connectivity index (χ0n) is 7.84. The van der Waals surface area contributed by atoms with Crippen LogP contribution in [0.3, 0.4) is 0 Å². The number of allylic oxidation sites excluding steroid dienone is 1. The average molecular weight is 212 g/mol. The first-order valence-electron chi connectivity index (χ1n) is 4.28. The van der Waals surface area contributed by atoms with Gasteiger partial charge in [-0.3, -0.25) is 4.55 Å². The molecule has 0 saturated heterocycles. The quantitative estimate of drug-likeness (QED) is 0.782. The fourth-order valence-electron chi connectivity index (χ4n) is 1.10. The minimum atomic E-state index is -4.12. The van der Waals surface area contributed by atoms with E-state index in [0.29, 0.717) is 5.56 Å². The lowest BCUT2D eigenvalue weighted by atomic mass is 10.2. The standard InChI is InChI=1S/C10H12O3S/c1-2-3-6-9-7-4-5-8-10(9)14(11,12)13/h3-8H,2H2,1H3,(H,11,12,13)/b6-3+. The monoisotopic (exact) mass is 212 g/mol. The molecule has 14 heavy (non-hydrogen) atoms. The van der Waals surface area contributed by atoms with Gasteiger partial charge in [-0.2, -0.15) is 8.42 Å². The molecule has 1 rings (SSSR count). The summed E-state index contributed by atoms with van der Waals surface area (Å²) in [4.78, 5) is -0.0512. The highest BCUT2D eigenvalue weighted by atomic mass is 32.2. The van der Waals surface area contributed by atoms with Crippen molar-refractivity contribution in [3.8, 4) is 0 Å². The maximum atomic E-state index is 10.9. The topological polar surface area (TPSA) is 54.4 Å².